The van der Waals surface area contributed by atoms with Gasteiger partial charge in [-0.3, -0.25) is 14.5 Å². The van der Waals surface area contributed by atoms with Gasteiger partial charge < -0.3 is 5.32 Å². The molecule has 2 aliphatic heterocycles. The molecule has 1 fully saturated rings. The molecule has 1 aromatic carbocycles. The number of nitrogens with zero attached hydrogens (tertiary/aromatic N) is 1. The summed E-state index contributed by atoms with van der Waals surface area (Å²) in [7, 11) is 0. The van der Waals surface area contributed by atoms with Gasteiger partial charge >= 0.3 is 0 Å². The van der Waals surface area contributed by atoms with Crippen molar-refractivity contribution in [3.8, 4) is 0 Å². The normalized spacial score (nSPS) is 20.4. The molecule has 0 aromatic heterocycles. The highest BCUT2D eigenvalue weighted by molar-refractivity contribution is 6.21. The minimum atomic E-state index is -0.609. The van der Waals surface area contributed by atoms with Crippen LogP contribution in [0, 0.1) is 5.82 Å². The van der Waals surface area contributed by atoms with Gasteiger partial charge in [0.15, 0.2) is 0 Å². The number of benzene rings is 1. The molecule has 0 saturated carbocycles. The Morgan fingerprint density at radius 1 is 1.17 bits per heavy atom. The number of imide groups is 1. The topological polar surface area (TPSA) is 49.4 Å². The molecular formula is C13H13FN2O2. The highest BCUT2D eigenvalue weighted by Gasteiger charge is 2.41. The van der Waals surface area contributed by atoms with Crippen LogP contribution in [-0.4, -0.2) is 35.8 Å². The van der Waals surface area contributed by atoms with Crippen molar-refractivity contribution in [3.05, 3.63) is 35.1 Å². The lowest BCUT2D eigenvalue weighted by atomic mass is 10.1. The number of nitrogens with one attached hydrogen (secondary N) is 1. The van der Waals surface area contributed by atoms with E-state index in [0.29, 0.717) is 0 Å². The van der Waals surface area contributed by atoms with Crippen LogP contribution in [0.2, 0.25) is 0 Å². The summed E-state index contributed by atoms with van der Waals surface area (Å²) in [5.41, 5.74) is 0.125. The van der Waals surface area contributed by atoms with Crippen LogP contribution in [-0.2, 0) is 0 Å². The van der Waals surface area contributed by atoms with E-state index in [1.165, 1.54) is 23.1 Å². The van der Waals surface area contributed by atoms with Crippen molar-refractivity contribution in [3.63, 3.8) is 0 Å². The fourth-order valence-corrected chi connectivity index (χ4v) is 2.66. The quantitative estimate of drug-likeness (QED) is 0.759. The number of carbonyl (C=O) groups excluding carboxylic acids is 2. The number of hydrogen-bond donors (Lipinski definition) is 1. The number of halogens is 1. The summed E-state index contributed by atoms with van der Waals surface area (Å²) >= 11 is 0. The van der Waals surface area contributed by atoms with Gasteiger partial charge in [-0.05, 0) is 38.1 Å². The zero-order valence-corrected chi connectivity index (χ0v) is 9.78. The van der Waals surface area contributed by atoms with Gasteiger partial charge in [0.1, 0.15) is 5.82 Å². The summed E-state index contributed by atoms with van der Waals surface area (Å²) in [6.45, 7) is 1.56. The molecular weight excluding hydrogens is 235 g/mol. The number of amides is 2. The van der Waals surface area contributed by atoms with Crippen LogP contribution in [0.25, 0.3) is 0 Å². The molecule has 18 heavy (non-hydrogen) atoms. The first kappa shape index (κ1) is 11.3. The van der Waals surface area contributed by atoms with Gasteiger partial charge in [-0.2, -0.15) is 0 Å². The first-order valence-corrected chi connectivity index (χ1v) is 6.07. The summed E-state index contributed by atoms with van der Waals surface area (Å²) in [5.74, 6) is -1.45. The summed E-state index contributed by atoms with van der Waals surface area (Å²) < 4.78 is 13.6. The fourth-order valence-electron chi connectivity index (χ4n) is 2.66. The molecule has 0 spiro atoms. The summed E-state index contributed by atoms with van der Waals surface area (Å²) in [6, 6.07) is 4.08. The third-order valence-electron chi connectivity index (χ3n) is 3.57. The third kappa shape index (κ3) is 1.54. The lowest BCUT2D eigenvalue weighted by Crippen LogP contribution is -2.45. The highest BCUT2D eigenvalue weighted by Crippen LogP contribution is 2.29. The second-order valence-electron chi connectivity index (χ2n) is 4.62. The number of carbonyl (C=O) groups is 2. The van der Waals surface area contributed by atoms with Crippen LogP contribution >= 0.6 is 0 Å². The zero-order chi connectivity index (χ0) is 12.7. The molecule has 1 N–H and O–H groups in total. The molecule has 1 aromatic rings. The summed E-state index contributed by atoms with van der Waals surface area (Å²) in [6.07, 6.45) is 1.46. The molecule has 2 heterocycles. The minimum Gasteiger partial charge on any atom is -0.317 e. The van der Waals surface area contributed by atoms with E-state index >= 15 is 0 Å². The van der Waals surface area contributed by atoms with E-state index in [0.717, 1.165) is 25.9 Å². The number of fused-ring (bicyclic) bond motifs is 1. The second kappa shape index (κ2) is 4.17. The Kier molecular flexibility index (Phi) is 2.63. The Morgan fingerprint density at radius 3 is 2.56 bits per heavy atom. The van der Waals surface area contributed by atoms with Gasteiger partial charge in [-0.15, -0.1) is 0 Å². The Labute approximate surface area is 104 Å². The van der Waals surface area contributed by atoms with Crippen molar-refractivity contribution in [2.24, 2.45) is 0 Å². The van der Waals surface area contributed by atoms with E-state index < -0.39 is 11.7 Å². The van der Waals surface area contributed by atoms with Gasteiger partial charge in [0.2, 0.25) is 0 Å². The maximum atomic E-state index is 13.6. The Bertz CT molecular complexity index is 524. The molecule has 0 bridgehead atoms. The van der Waals surface area contributed by atoms with E-state index in [1.807, 2.05) is 0 Å². The molecule has 1 saturated heterocycles. The Morgan fingerprint density at radius 2 is 1.89 bits per heavy atom. The molecule has 2 aliphatic rings. The van der Waals surface area contributed by atoms with Crippen molar-refractivity contribution in [2.75, 3.05) is 13.1 Å². The van der Waals surface area contributed by atoms with Gasteiger partial charge in [0.25, 0.3) is 11.8 Å². The van der Waals surface area contributed by atoms with E-state index in [4.69, 9.17) is 0 Å². The third-order valence-corrected chi connectivity index (χ3v) is 3.57. The van der Waals surface area contributed by atoms with Gasteiger partial charge in [-0.25, -0.2) is 4.39 Å². The van der Waals surface area contributed by atoms with Crippen LogP contribution in [0.15, 0.2) is 18.2 Å². The number of hydrogen-bond acceptors (Lipinski definition) is 3. The average molecular weight is 248 g/mol. The lowest BCUT2D eigenvalue weighted by molar-refractivity contribution is 0.0554. The average Bonchev–Trinajstić information content (AvgIpc) is 2.64. The SMILES string of the molecule is O=C1c2cccc(F)c2C(=O)N1C1CCNCC1. The molecule has 0 unspecified atom stereocenters. The lowest BCUT2D eigenvalue weighted by Gasteiger charge is -2.29. The van der Waals surface area contributed by atoms with Crippen molar-refractivity contribution in [2.45, 2.75) is 18.9 Å². The molecule has 3 rings (SSSR count). The first-order valence-electron chi connectivity index (χ1n) is 6.07. The van der Waals surface area contributed by atoms with Gasteiger partial charge in [-0.1, -0.05) is 6.07 Å². The molecule has 4 nitrogen and oxygen atoms in total. The van der Waals surface area contributed by atoms with Crippen molar-refractivity contribution >= 4 is 11.8 Å². The van der Waals surface area contributed by atoms with Crippen molar-refractivity contribution < 1.29 is 14.0 Å². The maximum absolute atomic E-state index is 13.6. The molecule has 94 valence electrons. The van der Waals surface area contributed by atoms with Gasteiger partial charge in [0.05, 0.1) is 11.1 Å². The van der Waals surface area contributed by atoms with E-state index in [9.17, 15) is 14.0 Å². The largest absolute Gasteiger partial charge is 0.317 e. The molecule has 0 aliphatic carbocycles. The summed E-state index contributed by atoms with van der Waals surface area (Å²) in [4.78, 5) is 25.6. The number of piperidine rings is 1. The maximum Gasteiger partial charge on any atom is 0.264 e. The van der Waals surface area contributed by atoms with E-state index in [2.05, 4.69) is 5.32 Å². The predicted molar refractivity (Wildman–Crippen MR) is 62.8 cm³/mol. The Balaban J connectivity index is 1.99. The molecule has 0 radical (unpaired) electrons. The highest BCUT2D eigenvalue weighted by atomic mass is 19.1. The predicted octanol–water partition coefficient (Wildman–Crippen LogP) is 1.17. The van der Waals surface area contributed by atoms with Crippen LogP contribution in [0.3, 0.4) is 0 Å². The monoisotopic (exact) mass is 248 g/mol. The van der Waals surface area contributed by atoms with Crippen LogP contribution in [0.5, 0.6) is 0 Å². The molecule has 2 amide bonds. The smallest absolute Gasteiger partial charge is 0.264 e. The van der Waals surface area contributed by atoms with Crippen LogP contribution in [0.4, 0.5) is 4.39 Å². The van der Waals surface area contributed by atoms with Crippen LogP contribution < -0.4 is 5.32 Å². The van der Waals surface area contributed by atoms with E-state index in [1.54, 1.807) is 0 Å². The summed E-state index contributed by atoms with van der Waals surface area (Å²) in [5, 5.41) is 3.18. The molecule has 0 atom stereocenters. The first-order chi connectivity index (χ1) is 8.70. The standard InChI is InChI=1S/C13H13FN2O2/c14-10-3-1-2-9-11(10)13(18)16(12(9)17)8-4-6-15-7-5-8/h1-3,8,15H,4-7H2. The Hall–Kier alpha value is -1.75. The van der Waals surface area contributed by atoms with Crippen molar-refractivity contribution in [1.82, 2.24) is 10.2 Å². The minimum absolute atomic E-state index is 0.0685. The fraction of sp³-hybridized carbons (Fsp3) is 0.385. The van der Waals surface area contributed by atoms with Crippen molar-refractivity contribution in [1.29, 1.82) is 0 Å². The van der Waals surface area contributed by atoms with E-state index in [-0.39, 0.29) is 23.1 Å². The van der Waals surface area contributed by atoms with Crippen LogP contribution in [0.1, 0.15) is 33.6 Å². The zero-order valence-electron chi connectivity index (χ0n) is 9.78. The van der Waals surface area contributed by atoms with Gasteiger partial charge in [0, 0.05) is 6.04 Å². The second-order valence-corrected chi connectivity index (χ2v) is 4.62. The number of rotatable bonds is 1. The molecule has 5 heteroatoms.